The molecule has 3 nitrogen and oxygen atoms in total. The second kappa shape index (κ2) is 4.82. The molecule has 0 aliphatic heterocycles. The number of halogens is 2. The summed E-state index contributed by atoms with van der Waals surface area (Å²) in [5.41, 5.74) is 0.770. The normalized spacial score (nSPS) is 10.6. The molecule has 0 atom stereocenters. The molecule has 94 valence electrons. The minimum atomic E-state index is -0.544. The van der Waals surface area contributed by atoms with Gasteiger partial charge in [0, 0.05) is 11.1 Å². The van der Waals surface area contributed by atoms with Gasteiger partial charge in [-0.05, 0) is 23.1 Å². The second-order valence-electron chi connectivity index (χ2n) is 3.99. The van der Waals surface area contributed by atoms with E-state index in [4.69, 9.17) is 11.6 Å². The molecule has 0 amide bonds. The molecule has 1 aromatic heterocycles. The topological polar surface area (TPSA) is 37.8 Å². The van der Waals surface area contributed by atoms with Crippen LogP contribution in [0.3, 0.4) is 0 Å². The van der Waals surface area contributed by atoms with Crippen LogP contribution in [0.15, 0.2) is 48.7 Å². The molecule has 0 bridgehead atoms. The van der Waals surface area contributed by atoms with Gasteiger partial charge in [0.2, 0.25) is 5.28 Å². The van der Waals surface area contributed by atoms with E-state index in [1.165, 1.54) is 0 Å². The van der Waals surface area contributed by atoms with Crippen molar-refractivity contribution in [3.05, 3.63) is 59.8 Å². The number of benzene rings is 2. The van der Waals surface area contributed by atoms with Crippen LogP contribution in [0.4, 0.5) is 15.9 Å². The number of hydrogen-bond acceptors (Lipinski definition) is 3. The maximum absolute atomic E-state index is 13.6. The van der Waals surface area contributed by atoms with Crippen LogP contribution < -0.4 is 5.32 Å². The monoisotopic (exact) mass is 273 g/mol. The van der Waals surface area contributed by atoms with E-state index in [0.717, 1.165) is 22.7 Å². The molecule has 3 rings (SSSR count). The van der Waals surface area contributed by atoms with Gasteiger partial charge in [-0.3, -0.25) is 0 Å². The van der Waals surface area contributed by atoms with Crippen LogP contribution >= 0.6 is 11.6 Å². The van der Waals surface area contributed by atoms with Crippen LogP contribution in [-0.2, 0) is 0 Å². The highest BCUT2D eigenvalue weighted by Gasteiger charge is 2.07. The summed E-state index contributed by atoms with van der Waals surface area (Å²) in [5, 5.41) is 5.00. The van der Waals surface area contributed by atoms with Gasteiger partial charge >= 0.3 is 0 Å². The van der Waals surface area contributed by atoms with Gasteiger partial charge in [0.15, 0.2) is 11.6 Å². The molecule has 0 spiro atoms. The zero-order chi connectivity index (χ0) is 13.2. The zero-order valence-electron chi connectivity index (χ0n) is 9.77. The fourth-order valence-corrected chi connectivity index (χ4v) is 2.03. The average molecular weight is 274 g/mol. The molecular formula is C14H9ClFN3. The Hall–Kier alpha value is -2.20. The van der Waals surface area contributed by atoms with Crippen molar-refractivity contribution in [3.8, 4) is 0 Å². The Kier molecular flexibility index (Phi) is 3.01. The lowest BCUT2D eigenvalue weighted by Gasteiger charge is -2.09. The van der Waals surface area contributed by atoms with E-state index < -0.39 is 5.82 Å². The number of hydrogen-bond donors (Lipinski definition) is 1. The van der Waals surface area contributed by atoms with E-state index in [9.17, 15) is 4.39 Å². The van der Waals surface area contributed by atoms with Crippen LogP contribution in [0.25, 0.3) is 10.8 Å². The lowest BCUT2D eigenvalue weighted by molar-refractivity contribution is 0.619. The van der Waals surface area contributed by atoms with Gasteiger partial charge in [-0.15, -0.1) is 0 Å². The van der Waals surface area contributed by atoms with Crippen LogP contribution in [0, 0.1) is 5.82 Å². The predicted octanol–water partition coefficient (Wildman–Crippen LogP) is 4.17. The standard InChI is InChI=1S/C14H9ClFN3/c15-14-17-8-11(16)13(19-14)18-12-7-3-5-9-4-1-2-6-10(9)12/h1-8H,(H,17,18,19). The van der Waals surface area contributed by atoms with Gasteiger partial charge < -0.3 is 5.32 Å². The fourth-order valence-electron chi connectivity index (χ4n) is 1.90. The quantitative estimate of drug-likeness (QED) is 0.712. The van der Waals surface area contributed by atoms with Gasteiger partial charge in [0.05, 0.1) is 6.20 Å². The smallest absolute Gasteiger partial charge is 0.224 e. The molecule has 1 heterocycles. The van der Waals surface area contributed by atoms with Crippen LogP contribution in [0.1, 0.15) is 0 Å². The minimum absolute atomic E-state index is 0.00383. The molecule has 0 unspecified atom stereocenters. The summed E-state index contributed by atoms with van der Waals surface area (Å²) < 4.78 is 13.6. The molecule has 2 aromatic carbocycles. The number of anilines is 2. The first-order chi connectivity index (χ1) is 9.24. The molecular weight excluding hydrogens is 265 g/mol. The van der Waals surface area contributed by atoms with Crippen molar-refractivity contribution < 1.29 is 4.39 Å². The van der Waals surface area contributed by atoms with Crippen LogP contribution in [0.2, 0.25) is 5.28 Å². The molecule has 0 saturated carbocycles. The third kappa shape index (κ3) is 2.35. The summed E-state index contributed by atoms with van der Waals surface area (Å²) in [6.07, 6.45) is 1.04. The molecule has 5 heteroatoms. The third-order valence-electron chi connectivity index (χ3n) is 2.76. The minimum Gasteiger partial charge on any atom is -0.337 e. The third-order valence-corrected chi connectivity index (χ3v) is 2.94. The van der Waals surface area contributed by atoms with Gasteiger partial charge in [0.25, 0.3) is 0 Å². The highest BCUT2D eigenvalue weighted by atomic mass is 35.5. The maximum atomic E-state index is 13.6. The predicted molar refractivity (Wildman–Crippen MR) is 74.2 cm³/mol. The van der Waals surface area contributed by atoms with Gasteiger partial charge in [-0.1, -0.05) is 36.4 Å². The summed E-state index contributed by atoms with van der Waals surface area (Å²) in [6.45, 7) is 0. The highest BCUT2D eigenvalue weighted by Crippen LogP contribution is 2.26. The number of aromatic nitrogens is 2. The molecule has 0 saturated heterocycles. The van der Waals surface area contributed by atoms with Crippen LogP contribution in [0.5, 0.6) is 0 Å². The number of nitrogens with one attached hydrogen (secondary N) is 1. The first-order valence-electron chi connectivity index (χ1n) is 5.67. The van der Waals surface area contributed by atoms with Crippen molar-refractivity contribution in [2.75, 3.05) is 5.32 Å². The lowest BCUT2D eigenvalue weighted by atomic mass is 10.1. The van der Waals surface area contributed by atoms with Crippen molar-refractivity contribution in [3.63, 3.8) is 0 Å². The van der Waals surface area contributed by atoms with Gasteiger partial charge in [0.1, 0.15) is 0 Å². The summed E-state index contributed by atoms with van der Waals surface area (Å²) in [6, 6.07) is 13.6. The Labute approximate surface area is 114 Å². The summed E-state index contributed by atoms with van der Waals surface area (Å²) in [4.78, 5) is 7.43. The van der Waals surface area contributed by atoms with E-state index in [2.05, 4.69) is 15.3 Å². The highest BCUT2D eigenvalue weighted by molar-refractivity contribution is 6.28. The molecule has 0 aliphatic carbocycles. The Morgan fingerprint density at radius 3 is 2.74 bits per heavy atom. The van der Waals surface area contributed by atoms with Crippen molar-refractivity contribution >= 4 is 33.9 Å². The Balaban J connectivity index is 2.08. The van der Waals surface area contributed by atoms with Gasteiger partial charge in [-0.2, -0.15) is 4.98 Å². The second-order valence-corrected chi connectivity index (χ2v) is 4.33. The first-order valence-corrected chi connectivity index (χ1v) is 6.04. The molecule has 1 N–H and O–H groups in total. The molecule has 0 fully saturated rings. The number of nitrogens with zero attached hydrogens (tertiary/aromatic N) is 2. The first kappa shape index (κ1) is 11.9. The number of rotatable bonds is 2. The Bertz CT molecular complexity index is 740. The average Bonchev–Trinajstić information content (AvgIpc) is 2.43. The van der Waals surface area contributed by atoms with E-state index in [0.29, 0.717) is 0 Å². The molecule has 3 aromatic rings. The van der Waals surface area contributed by atoms with Crippen LogP contribution in [-0.4, -0.2) is 9.97 Å². The molecule has 0 radical (unpaired) electrons. The van der Waals surface area contributed by atoms with E-state index in [1.807, 2.05) is 42.5 Å². The van der Waals surface area contributed by atoms with Crippen molar-refractivity contribution in [2.24, 2.45) is 0 Å². The van der Waals surface area contributed by atoms with Crippen molar-refractivity contribution in [1.82, 2.24) is 9.97 Å². The fraction of sp³-hybridized carbons (Fsp3) is 0. The van der Waals surface area contributed by atoms with Gasteiger partial charge in [-0.25, -0.2) is 9.37 Å². The van der Waals surface area contributed by atoms with E-state index >= 15 is 0 Å². The SMILES string of the molecule is Fc1cnc(Cl)nc1Nc1cccc2ccccc12. The maximum Gasteiger partial charge on any atom is 0.224 e. The summed E-state index contributed by atoms with van der Waals surface area (Å²) >= 11 is 5.67. The largest absolute Gasteiger partial charge is 0.337 e. The number of fused-ring (bicyclic) bond motifs is 1. The molecule has 0 aliphatic rings. The Morgan fingerprint density at radius 1 is 1.05 bits per heavy atom. The van der Waals surface area contributed by atoms with Crippen molar-refractivity contribution in [1.29, 1.82) is 0 Å². The van der Waals surface area contributed by atoms with E-state index in [1.54, 1.807) is 0 Å². The lowest BCUT2D eigenvalue weighted by Crippen LogP contribution is -1.99. The molecule has 19 heavy (non-hydrogen) atoms. The van der Waals surface area contributed by atoms with Crippen molar-refractivity contribution in [2.45, 2.75) is 0 Å². The van der Waals surface area contributed by atoms with E-state index in [-0.39, 0.29) is 11.1 Å². The summed E-state index contributed by atoms with van der Waals surface area (Å²) in [7, 11) is 0. The Morgan fingerprint density at radius 2 is 1.84 bits per heavy atom. The summed E-state index contributed by atoms with van der Waals surface area (Å²) in [5.74, 6) is -0.478. The zero-order valence-corrected chi connectivity index (χ0v) is 10.5.